The number of rotatable bonds is 11. The first-order valence-electron chi connectivity index (χ1n) is 11.3. The molecular formula is C26H34Cl2N2O2. The zero-order chi connectivity index (χ0) is 23.7. The van der Waals surface area contributed by atoms with E-state index in [1.54, 1.807) is 23.1 Å². The molecule has 32 heavy (non-hydrogen) atoms. The van der Waals surface area contributed by atoms with E-state index < -0.39 is 6.04 Å². The second-order valence-corrected chi connectivity index (χ2v) is 9.27. The van der Waals surface area contributed by atoms with E-state index >= 15 is 0 Å². The van der Waals surface area contributed by atoms with Crippen molar-refractivity contribution in [2.45, 2.75) is 66.0 Å². The van der Waals surface area contributed by atoms with Crippen LogP contribution < -0.4 is 5.32 Å². The summed E-state index contributed by atoms with van der Waals surface area (Å²) in [6, 6.07) is 13.0. The number of nitrogens with zero attached hydrogens (tertiary/aromatic N) is 1. The molecule has 0 saturated heterocycles. The van der Waals surface area contributed by atoms with Crippen LogP contribution in [0.3, 0.4) is 0 Å². The van der Waals surface area contributed by atoms with Crippen LogP contribution in [0.5, 0.6) is 0 Å². The van der Waals surface area contributed by atoms with Crippen LogP contribution in [-0.4, -0.2) is 29.3 Å². The average molecular weight is 477 g/mol. The van der Waals surface area contributed by atoms with Crippen LogP contribution in [-0.2, 0) is 29.0 Å². The Labute approximate surface area is 202 Å². The lowest BCUT2D eigenvalue weighted by Gasteiger charge is -2.31. The predicted molar refractivity (Wildman–Crippen MR) is 133 cm³/mol. The zero-order valence-electron chi connectivity index (χ0n) is 19.5. The third-order valence-electron chi connectivity index (χ3n) is 5.52. The van der Waals surface area contributed by atoms with E-state index in [4.69, 9.17) is 23.2 Å². The topological polar surface area (TPSA) is 49.4 Å². The Kier molecular flexibility index (Phi) is 10.5. The van der Waals surface area contributed by atoms with Gasteiger partial charge in [-0.1, -0.05) is 81.2 Å². The molecule has 174 valence electrons. The van der Waals surface area contributed by atoms with Gasteiger partial charge >= 0.3 is 0 Å². The molecule has 0 saturated carbocycles. The minimum atomic E-state index is -0.587. The molecule has 2 aromatic carbocycles. The van der Waals surface area contributed by atoms with Gasteiger partial charge in [-0.2, -0.15) is 0 Å². The smallest absolute Gasteiger partial charge is 0.242 e. The fourth-order valence-electron chi connectivity index (χ4n) is 3.53. The summed E-state index contributed by atoms with van der Waals surface area (Å²) in [5.41, 5.74) is 3.03. The van der Waals surface area contributed by atoms with Crippen molar-refractivity contribution in [2.75, 3.05) is 6.54 Å². The Morgan fingerprint density at radius 3 is 2.09 bits per heavy atom. The van der Waals surface area contributed by atoms with Crippen LogP contribution in [0.1, 0.15) is 57.2 Å². The molecule has 0 unspecified atom stereocenters. The van der Waals surface area contributed by atoms with Gasteiger partial charge in [0, 0.05) is 35.1 Å². The Balaban J connectivity index is 2.24. The molecule has 2 amide bonds. The second-order valence-electron chi connectivity index (χ2n) is 8.45. The van der Waals surface area contributed by atoms with Crippen molar-refractivity contribution < 1.29 is 9.59 Å². The number of hydrogen-bond acceptors (Lipinski definition) is 2. The van der Waals surface area contributed by atoms with Crippen LogP contribution in [0.2, 0.25) is 10.0 Å². The van der Waals surface area contributed by atoms with Gasteiger partial charge in [-0.3, -0.25) is 9.59 Å². The SMILES string of the molecule is CCc1ccc(CCC(=O)N(Cc2c(Cl)cccc2Cl)[C@@H](CC)C(=O)NCC(C)C)cc1. The molecule has 0 heterocycles. The first kappa shape index (κ1) is 26.2. The van der Waals surface area contributed by atoms with E-state index in [1.807, 2.05) is 20.8 Å². The van der Waals surface area contributed by atoms with E-state index in [1.165, 1.54) is 5.56 Å². The van der Waals surface area contributed by atoms with Gasteiger partial charge in [0.2, 0.25) is 11.8 Å². The summed E-state index contributed by atoms with van der Waals surface area (Å²) in [6.07, 6.45) is 2.40. The fourth-order valence-corrected chi connectivity index (χ4v) is 4.05. The summed E-state index contributed by atoms with van der Waals surface area (Å²) in [5, 5.41) is 3.95. The Morgan fingerprint density at radius 2 is 1.56 bits per heavy atom. The molecule has 6 heteroatoms. The number of carbonyl (C=O) groups excluding carboxylic acids is 2. The van der Waals surface area contributed by atoms with E-state index in [0.717, 1.165) is 12.0 Å². The van der Waals surface area contributed by atoms with Crippen LogP contribution in [0, 0.1) is 5.92 Å². The highest BCUT2D eigenvalue weighted by Gasteiger charge is 2.29. The van der Waals surface area contributed by atoms with Crippen LogP contribution in [0.4, 0.5) is 0 Å². The molecule has 0 bridgehead atoms. The van der Waals surface area contributed by atoms with Crippen molar-refractivity contribution in [2.24, 2.45) is 5.92 Å². The van der Waals surface area contributed by atoms with Crippen molar-refractivity contribution in [1.29, 1.82) is 0 Å². The monoisotopic (exact) mass is 476 g/mol. The maximum atomic E-state index is 13.4. The molecular weight excluding hydrogens is 443 g/mol. The van der Waals surface area contributed by atoms with Crippen LogP contribution in [0.25, 0.3) is 0 Å². The van der Waals surface area contributed by atoms with Crippen molar-refractivity contribution in [3.05, 3.63) is 69.2 Å². The van der Waals surface area contributed by atoms with E-state index in [2.05, 4.69) is 36.5 Å². The summed E-state index contributed by atoms with van der Waals surface area (Å²) in [6.45, 7) is 8.87. The summed E-state index contributed by atoms with van der Waals surface area (Å²) in [7, 11) is 0. The van der Waals surface area contributed by atoms with Crippen molar-refractivity contribution in [3.8, 4) is 0 Å². The molecule has 0 aliphatic heterocycles. The third-order valence-corrected chi connectivity index (χ3v) is 6.23. The quantitative estimate of drug-likeness (QED) is 0.427. The van der Waals surface area contributed by atoms with Crippen molar-refractivity contribution in [3.63, 3.8) is 0 Å². The molecule has 0 aromatic heterocycles. The zero-order valence-corrected chi connectivity index (χ0v) is 21.0. The lowest BCUT2D eigenvalue weighted by molar-refractivity contribution is -0.141. The van der Waals surface area contributed by atoms with Crippen LogP contribution in [0.15, 0.2) is 42.5 Å². The van der Waals surface area contributed by atoms with Gasteiger partial charge in [0.25, 0.3) is 0 Å². The minimum absolute atomic E-state index is 0.0906. The van der Waals surface area contributed by atoms with Gasteiger partial charge in [-0.25, -0.2) is 0 Å². The highest BCUT2D eigenvalue weighted by molar-refractivity contribution is 6.36. The molecule has 2 rings (SSSR count). The van der Waals surface area contributed by atoms with E-state index in [9.17, 15) is 9.59 Å². The number of aryl methyl sites for hydroxylation is 2. The Morgan fingerprint density at radius 1 is 0.969 bits per heavy atom. The Bertz CT molecular complexity index is 877. The van der Waals surface area contributed by atoms with Gasteiger partial charge in [0.1, 0.15) is 6.04 Å². The molecule has 0 aliphatic rings. The van der Waals surface area contributed by atoms with Gasteiger partial charge in [-0.15, -0.1) is 0 Å². The summed E-state index contributed by atoms with van der Waals surface area (Å²) >= 11 is 12.8. The highest BCUT2D eigenvalue weighted by Crippen LogP contribution is 2.27. The number of nitrogens with one attached hydrogen (secondary N) is 1. The number of carbonyl (C=O) groups is 2. The van der Waals surface area contributed by atoms with Gasteiger partial charge in [0.05, 0.1) is 0 Å². The Hall–Kier alpha value is -2.04. The summed E-state index contributed by atoms with van der Waals surface area (Å²) < 4.78 is 0. The summed E-state index contributed by atoms with van der Waals surface area (Å²) in [4.78, 5) is 28.0. The highest BCUT2D eigenvalue weighted by atomic mass is 35.5. The molecule has 0 spiro atoms. The molecule has 0 fully saturated rings. The maximum Gasteiger partial charge on any atom is 0.242 e. The average Bonchev–Trinajstić information content (AvgIpc) is 2.78. The first-order valence-corrected chi connectivity index (χ1v) is 12.1. The standard InChI is InChI=1S/C26H34Cl2N2O2/c1-5-19-10-12-20(13-11-19)14-15-25(31)30(17-21-22(27)8-7-9-23(21)28)24(6-2)26(32)29-16-18(3)4/h7-13,18,24H,5-6,14-17H2,1-4H3,(H,29,32)/t24-/m0/s1. The molecule has 0 radical (unpaired) electrons. The van der Waals surface area contributed by atoms with E-state index in [0.29, 0.717) is 47.3 Å². The lowest BCUT2D eigenvalue weighted by Crippen LogP contribution is -2.49. The van der Waals surface area contributed by atoms with Gasteiger partial charge in [0.15, 0.2) is 0 Å². The molecule has 2 aromatic rings. The summed E-state index contributed by atoms with van der Waals surface area (Å²) in [5.74, 6) is 0.0850. The maximum absolute atomic E-state index is 13.4. The number of benzene rings is 2. The third kappa shape index (κ3) is 7.53. The molecule has 4 nitrogen and oxygen atoms in total. The lowest BCUT2D eigenvalue weighted by atomic mass is 10.0. The van der Waals surface area contributed by atoms with Crippen molar-refractivity contribution >= 4 is 35.0 Å². The van der Waals surface area contributed by atoms with E-state index in [-0.39, 0.29) is 18.4 Å². The fraction of sp³-hybridized carbons (Fsp3) is 0.462. The number of halogens is 2. The van der Waals surface area contributed by atoms with Crippen molar-refractivity contribution in [1.82, 2.24) is 10.2 Å². The normalized spacial score (nSPS) is 12.0. The second kappa shape index (κ2) is 12.9. The molecule has 1 atom stereocenters. The number of amides is 2. The largest absolute Gasteiger partial charge is 0.354 e. The van der Waals surface area contributed by atoms with Crippen LogP contribution >= 0.6 is 23.2 Å². The molecule has 1 N–H and O–H groups in total. The van der Waals surface area contributed by atoms with Gasteiger partial charge < -0.3 is 10.2 Å². The molecule has 0 aliphatic carbocycles. The van der Waals surface area contributed by atoms with Gasteiger partial charge in [-0.05, 0) is 48.4 Å². The minimum Gasteiger partial charge on any atom is -0.354 e. The number of hydrogen-bond donors (Lipinski definition) is 1. The first-order chi connectivity index (χ1) is 15.3. The predicted octanol–water partition coefficient (Wildman–Crippen LogP) is 6.07.